The van der Waals surface area contributed by atoms with Gasteiger partial charge >= 0.3 is 0 Å². The van der Waals surface area contributed by atoms with Gasteiger partial charge in [-0.1, -0.05) is 27.2 Å². The number of hydrogen-bond acceptors (Lipinski definition) is 3. The summed E-state index contributed by atoms with van der Waals surface area (Å²) in [5.41, 5.74) is 2.70. The number of aromatic nitrogens is 2. The number of piperidine rings is 1. The number of likely N-dealkylation sites (N-methyl/N-ethyl adjacent to an activating group) is 1. The van der Waals surface area contributed by atoms with Crippen molar-refractivity contribution in [1.82, 2.24) is 20.0 Å². The Morgan fingerprint density at radius 1 is 1.40 bits per heavy atom. The van der Waals surface area contributed by atoms with Gasteiger partial charge in [0, 0.05) is 43.4 Å². The fourth-order valence-corrected chi connectivity index (χ4v) is 3.10. The zero-order valence-electron chi connectivity index (χ0n) is 13.7. The largest absolute Gasteiger partial charge is 0.313 e. The standard InChI is InChI=1S/C16H30N4/c1-16(2,3)15-13(11-20(5)18-15)10-19(4)12-14-8-6-7-9-17-14/h11,14,17H,6-10,12H2,1-5H3. The van der Waals surface area contributed by atoms with Gasteiger partial charge in [-0.05, 0) is 26.4 Å². The Labute approximate surface area is 123 Å². The van der Waals surface area contributed by atoms with E-state index in [2.05, 4.69) is 49.3 Å². The molecule has 0 saturated carbocycles. The van der Waals surface area contributed by atoms with E-state index in [4.69, 9.17) is 0 Å². The molecule has 1 unspecified atom stereocenters. The van der Waals surface area contributed by atoms with Crippen LogP contribution in [0.25, 0.3) is 0 Å². The Morgan fingerprint density at radius 3 is 2.75 bits per heavy atom. The second-order valence-electron chi connectivity index (χ2n) is 7.27. The van der Waals surface area contributed by atoms with Crippen LogP contribution in [0.1, 0.15) is 51.3 Å². The van der Waals surface area contributed by atoms with Gasteiger partial charge in [-0.15, -0.1) is 0 Å². The highest BCUT2D eigenvalue weighted by atomic mass is 15.3. The van der Waals surface area contributed by atoms with E-state index < -0.39 is 0 Å². The molecule has 0 bridgehead atoms. The molecule has 2 rings (SSSR count). The van der Waals surface area contributed by atoms with Crippen LogP contribution in [0.2, 0.25) is 0 Å². The van der Waals surface area contributed by atoms with E-state index in [1.165, 1.54) is 37.1 Å². The normalized spacial score (nSPS) is 20.6. The van der Waals surface area contributed by atoms with E-state index in [0.29, 0.717) is 6.04 Å². The molecule has 114 valence electrons. The van der Waals surface area contributed by atoms with Crippen LogP contribution in [0, 0.1) is 0 Å². The third-order valence-electron chi connectivity index (χ3n) is 4.00. The Kier molecular flexibility index (Phi) is 4.86. The smallest absolute Gasteiger partial charge is 0.0722 e. The van der Waals surface area contributed by atoms with E-state index in [9.17, 15) is 0 Å². The van der Waals surface area contributed by atoms with Crippen molar-refractivity contribution < 1.29 is 0 Å². The van der Waals surface area contributed by atoms with Crippen molar-refractivity contribution in [2.24, 2.45) is 7.05 Å². The quantitative estimate of drug-likeness (QED) is 0.917. The van der Waals surface area contributed by atoms with Gasteiger partial charge in [0.25, 0.3) is 0 Å². The molecule has 0 radical (unpaired) electrons. The van der Waals surface area contributed by atoms with Crippen molar-refractivity contribution in [3.63, 3.8) is 0 Å². The topological polar surface area (TPSA) is 33.1 Å². The molecule has 1 aromatic rings. The maximum absolute atomic E-state index is 4.66. The minimum atomic E-state index is 0.112. The van der Waals surface area contributed by atoms with Gasteiger partial charge in [0.1, 0.15) is 0 Å². The van der Waals surface area contributed by atoms with E-state index in [0.717, 1.165) is 13.1 Å². The van der Waals surface area contributed by atoms with Crippen molar-refractivity contribution in [3.8, 4) is 0 Å². The third-order valence-corrected chi connectivity index (χ3v) is 4.00. The lowest BCUT2D eigenvalue weighted by atomic mass is 9.89. The molecule has 1 aliphatic heterocycles. The van der Waals surface area contributed by atoms with Gasteiger partial charge < -0.3 is 10.2 Å². The molecule has 1 N–H and O–H groups in total. The molecule has 1 aliphatic rings. The van der Waals surface area contributed by atoms with Crippen LogP contribution in [0.3, 0.4) is 0 Å². The first kappa shape index (κ1) is 15.5. The molecule has 1 saturated heterocycles. The van der Waals surface area contributed by atoms with Crippen LogP contribution in [-0.2, 0) is 19.0 Å². The van der Waals surface area contributed by atoms with Gasteiger partial charge in [-0.3, -0.25) is 4.68 Å². The summed E-state index contributed by atoms with van der Waals surface area (Å²) in [6.07, 6.45) is 6.18. The van der Waals surface area contributed by atoms with E-state index in [1.54, 1.807) is 0 Å². The fourth-order valence-electron chi connectivity index (χ4n) is 3.10. The summed E-state index contributed by atoms with van der Waals surface area (Å²) < 4.78 is 1.95. The van der Waals surface area contributed by atoms with Gasteiger partial charge in [0.15, 0.2) is 0 Å². The molecule has 4 nitrogen and oxygen atoms in total. The lowest BCUT2D eigenvalue weighted by molar-refractivity contribution is 0.255. The van der Waals surface area contributed by atoms with Crippen LogP contribution >= 0.6 is 0 Å². The second-order valence-corrected chi connectivity index (χ2v) is 7.27. The molecular formula is C16H30N4. The SMILES string of the molecule is CN(Cc1cn(C)nc1C(C)(C)C)CC1CCCCN1. The molecule has 1 aromatic heterocycles. The lowest BCUT2D eigenvalue weighted by Crippen LogP contribution is -2.42. The van der Waals surface area contributed by atoms with Crippen molar-refractivity contribution in [1.29, 1.82) is 0 Å². The average Bonchev–Trinajstić information content (AvgIpc) is 2.71. The Balaban J connectivity index is 1.98. The Bertz CT molecular complexity index is 424. The molecule has 2 heterocycles. The summed E-state index contributed by atoms with van der Waals surface area (Å²) in [7, 11) is 4.23. The van der Waals surface area contributed by atoms with Crippen molar-refractivity contribution in [2.75, 3.05) is 20.1 Å². The van der Waals surface area contributed by atoms with Crippen LogP contribution in [-0.4, -0.2) is 40.9 Å². The summed E-state index contributed by atoms with van der Waals surface area (Å²) in [4.78, 5) is 2.43. The Morgan fingerprint density at radius 2 is 2.15 bits per heavy atom. The summed E-state index contributed by atoms with van der Waals surface area (Å²) in [6, 6.07) is 0.656. The molecule has 1 fully saturated rings. The summed E-state index contributed by atoms with van der Waals surface area (Å²) in [5, 5.41) is 8.28. The second kappa shape index (κ2) is 6.27. The monoisotopic (exact) mass is 278 g/mol. The third kappa shape index (κ3) is 4.06. The van der Waals surface area contributed by atoms with Gasteiger partial charge in [0.05, 0.1) is 5.69 Å². The molecule has 0 aromatic carbocycles. The van der Waals surface area contributed by atoms with Crippen LogP contribution in [0.5, 0.6) is 0 Å². The highest BCUT2D eigenvalue weighted by Crippen LogP contribution is 2.25. The average molecular weight is 278 g/mol. The predicted molar refractivity (Wildman–Crippen MR) is 83.9 cm³/mol. The number of hydrogen-bond donors (Lipinski definition) is 1. The molecule has 20 heavy (non-hydrogen) atoms. The number of rotatable bonds is 4. The van der Waals surface area contributed by atoms with Crippen molar-refractivity contribution in [3.05, 3.63) is 17.5 Å². The highest BCUT2D eigenvalue weighted by Gasteiger charge is 2.23. The maximum Gasteiger partial charge on any atom is 0.0722 e. The summed E-state index contributed by atoms with van der Waals surface area (Å²) in [6.45, 7) is 10.0. The zero-order valence-corrected chi connectivity index (χ0v) is 13.7. The molecule has 4 heteroatoms. The first-order chi connectivity index (χ1) is 9.36. The van der Waals surface area contributed by atoms with Crippen molar-refractivity contribution in [2.45, 2.75) is 58.0 Å². The summed E-state index contributed by atoms with van der Waals surface area (Å²) >= 11 is 0. The van der Waals surface area contributed by atoms with Gasteiger partial charge in [0.2, 0.25) is 0 Å². The molecule has 0 aliphatic carbocycles. The van der Waals surface area contributed by atoms with Gasteiger partial charge in [-0.2, -0.15) is 5.10 Å². The van der Waals surface area contributed by atoms with Crippen LogP contribution in [0.4, 0.5) is 0 Å². The molecule has 1 atom stereocenters. The van der Waals surface area contributed by atoms with Gasteiger partial charge in [-0.25, -0.2) is 0 Å². The predicted octanol–water partition coefficient (Wildman–Crippen LogP) is 2.29. The molecule has 0 amide bonds. The van der Waals surface area contributed by atoms with E-state index in [-0.39, 0.29) is 5.41 Å². The van der Waals surface area contributed by atoms with E-state index >= 15 is 0 Å². The first-order valence-corrected chi connectivity index (χ1v) is 7.81. The zero-order chi connectivity index (χ0) is 14.8. The Hall–Kier alpha value is -0.870. The molecular weight excluding hydrogens is 248 g/mol. The van der Waals surface area contributed by atoms with Crippen molar-refractivity contribution >= 4 is 0 Å². The number of aryl methyl sites for hydroxylation is 1. The number of nitrogens with zero attached hydrogens (tertiary/aromatic N) is 3. The first-order valence-electron chi connectivity index (χ1n) is 7.81. The number of nitrogens with one attached hydrogen (secondary N) is 1. The highest BCUT2D eigenvalue weighted by molar-refractivity contribution is 5.23. The minimum absolute atomic E-state index is 0.112. The maximum atomic E-state index is 4.66. The lowest BCUT2D eigenvalue weighted by Gasteiger charge is -2.28. The fraction of sp³-hybridized carbons (Fsp3) is 0.812. The van der Waals surface area contributed by atoms with Crippen LogP contribution < -0.4 is 5.32 Å². The van der Waals surface area contributed by atoms with E-state index in [1.807, 2.05) is 11.7 Å². The van der Waals surface area contributed by atoms with Crippen LogP contribution in [0.15, 0.2) is 6.20 Å². The molecule has 0 spiro atoms. The minimum Gasteiger partial charge on any atom is -0.313 e. The summed E-state index contributed by atoms with van der Waals surface area (Å²) in [5.74, 6) is 0.